The second kappa shape index (κ2) is 6.96. The topological polar surface area (TPSA) is 38.5 Å². The minimum atomic E-state index is 0.588. The van der Waals surface area contributed by atoms with Gasteiger partial charge in [0.2, 0.25) is 0 Å². The van der Waals surface area contributed by atoms with Gasteiger partial charge in [0.15, 0.2) is 0 Å². The van der Waals surface area contributed by atoms with Crippen molar-refractivity contribution in [3.63, 3.8) is 0 Å². The molecular formula is C17H22N2O. The Morgan fingerprint density at radius 2 is 1.55 bits per heavy atom. The van der Waals surface area contributed by atoms with Crippen LogP contribution in [0, 0.1) is 0 Å². The van der Waals surface area contributed by atoms with Crippen LogP contribution in [0.2, 0.25) is 0 Å². The van der Waals surface area contributed by atoms with Crippen LogP contribution in [0.15, 0.2) is 48.5 Å². The van der Waals surface area contributed by atoms with Crippen LogP contribution in [-0.2, 0) is 13.1 Å². The molecule has 0 radical (unpaired) electrons. The first-order chi connectivity index (χ1) is 9.76. The van der Waals surface area contributed by atoms with Crippen molar-refractivity contribution in [1.29, 1.82) is 0 Å². The van der Waals surface area contributed by atoms with Gasteiger partial charge in [0.25, 0.3) is 0 Å². The van der Waals surface area contributed by atoms with Gasteiger partial charge in [0.1, 0.15) is 5.75 Å². The van der Waals surface area contributed by atoms with Gasteiger partial charge in [-0.25, -0.2) is 0 Å². The van der Waals surface area contributed by atoms with Gasteiger partial charge in [-0.3, -0.25) is 0 Å². The van der Waals surface area contributed by atoms with E-state index in [-0.39, 0.29) is 0 Å². The summed E-state index contributed by atoms with van der Waals surface area (Å²) in [6.45, 7) is 4.61. The van der Waals surface area contributed by atoms with Crippen LogP contribution in [0.4, 0.5) is 5.69 Å². The highest BCUT2D eigenvalue weighted by Gasteiger charge is 2.05. The van der Waals surface area contributed by atoms with E-state index < -0.39 is 0 Å². The standard InChI is InChI=1S/C17H22N2O/c1-3-19(16-8-4-14(12-18)5-9-16)13-15-6-10-17(20-2)11-7-15/h4-11H,3,12-13,18H2,1-2H3. The molecule has 20 heavy (non-hydrogen) atoms. The van der Waals surface area contributed by atoms with Gasteiger partial charge >= 0.3 is 0 Å². The highest BCUT2D eigenvalue weighted by Crippen LogP contribution is 2.19. The third-order valence-corrected chi connectivity index (χ3v) is 3.45. The average molecular weight is 270 g/mol. The smallest absolute Gasteiger partial charge is 0.118 e. The molecule has 0 saturated heterocycles. The van der Waals surface area contributed by atoms with E-state index in [0.717, 1.165) is 24.4 Å². The lowest BCUT2D eigenvalue weighted by molar-refractivity contribution is 0.414. The zero-order valence-electron chi connectivity index (χ0n) is 12.2. The first kappa shape index (κ1) is 14.4. The fourth-order valence-electron chi connectivity index (χ4n) is 2.18. The SMILES string of the molecule is CCN(Cc1ccc(OC)cc1)c1ccc(CN)cc1. The summed E-state index contributed by atoms with van der Waals surface area (Å²) in [6, 6.07) is 16.7. The van der Waals surface area contributed by atoms with Crippen LogP contribution in [0.5, 0.6) is 5.75 Å². The molecule has 0 aliphatic heterocycles. The maximum absolute atomic E-state index is 5.63. The number of nitrogens with zero attached hydrogens (tertiary/aromatic N) is 1. The predicted octanol–water partition coefficient (Wildman–Crippen LogP) is 3.18. The van der Waals surface area contributed by atoms with Gasteiger partial charge in [-0.05, 0) is 42.3 Å². The Kier molecular flexibility index (Phi) is 5.02. The fraction of sp³-hybridized carbons (Fsp3) is 0.294. The van der Waals surface area contributed by atoms with Crippen molar-refractivity contribution in [3.8, 4) is 5.75 Å². The van der Waals surface area contributed by atoms with Crippen molar-refractivity contribution in [3.05, 3.63) is 59.7 Å². The number of methoxy groups -OCH3 is 1. The quantitative estimate of drug-likeness (QED) is 0.876. The lowest BCUT2D eigenvalue weighted by Gasteiger charge is -2.23. The maximum Gasteiger partial charge on any atom is 0.118 e. The third kappa shape index (κ3) is 3.52. The summed E-state index contributed by atoms with van der Waals surface area (Å²) in [5.41, 5.74) is 9.29. The lowest BCUT2D eigenvalue weighted by atomic mass is 10.1. The summed E-state index contributed by atoms with van der Waals surface area (Å²) in [5.74, 6) is 0.893. The van der Waals surface area contributed by atoms with Gasteiger partial charge in [0, 0.05) is 25.3 Å². The number of nitrogens with two attached hydrogens (primary N) is 1. The summed E-state index contributed by atoms with van der Waals surface area (Å²) < 4.78 is 5.19. The van der Waals surface area contributed by atoms with Gasteiger partial charge in [-0.2, -0.15) is 0 Å². The second-order valence-electron chi connectivity index (χ2n) is 4.73. The van der Waals surface area contributed by atoms with Crippen molar-refractivity contribution in [1.82, 2.24) is 0 Å². The number of hydrogen-bond donors (Lipinski definition) is 1. The van der Waals surface area contributed by atoms with E-state index in [2.05, 4.69) is 48.2 Å². The minimum Gasteiger partial charge on any atom is -0.497 e. The molecule has 0 atom stereocenters. The zero-order valence-corrected chi connectivity index (χ0v) is 12.2. The molecule has 0 aliphatic carbocycles. The van der Waals surface area contributed by atoms with Crippen LogP contribution in [0.25, 0.3) is 0 Å². The molecule has 0 unspecified atom stereocenters. The summed E-state index contributed by atoms with van der Waals surface area (Å²) >= 11 is 0. The van der Waals surface area contributed by atoms with Crippen molar-refractivity contribution >= 4 is 5.69 Å². The van der Waals surface area contributed by atoms with Gasteiger partial charge < -0.3 is 15.4 Å². The van der Waals surface area contributed by atoms with E-state index in [0.29, 0.717) is 6.54 Å². The summed E-state index contributed by atoms with van der Waals surface area (Å²) in [4.78, 5) is 2.34. The number of anilines is 1. The molecule has 0 aromatic heterocycles. The molecule has 3 heteroatoms. The Morgan fingerprint density at radius 3 is 2.05 bits per heavy atom. The summed E-state index contributed by atoms with van der Waals surface area (Å²) in [5, 5.41) is 0. The van der Waals surface area contributed by atoms with Crippen LogP contribution in [-0.4, -0.2) is 13.7 Å². The Labute approximate surface area is 121 Å². The molecule has 0 bridgehead atoms. The van der Waals surface area contributed by atoms with Gasteiger partial charge in [0.05, 0.1) is 7.11 Å². The first-order valence-corrected chi connectivity index (χ1v) is 6.93. The normalized spacial score (nSPS) is 10.3. The molecule has 0 saturated carbocycles. The van der Waals surface area contributed by atoms with Crippen molar-refractivity contribution in [2.45, 2.75) is 20.0 Å². The van der Waals surface area contributed by atoms with E-state index >= 15 is 0 Å². The van der Waals surface area contributed by atoms with E-state index in [9.17, 15) is 0 Å². The molecule has 2 rings (SSSR count). The summed E-state index contributed by atoms with van der Waals surface area (Å²) in [6.07, 6.45) is 0. The molecule has 0 fully saturated rings. The van der Waals surface area contributed by atoms with Gasteiger partial charge in [-0.15, -0.1) is 0 Å². The molecule has 3 nitrogen and oxygen atoms in total. The first-order valence-electron chi connectivity index (χ1n) is 6.93. The Morgan fingerprint density at radius 1 is 0.950 bits per heavy atom. The Hall–Kier alpha value is -2.00. The second-order valence-corrected chi connectivity index (χ2v) is 4.73. The Balaban J connectivity index is 2.10. The monoisotopic (exact) mass is 270 g/mol. The zero-order chi connectivity index (χ0) is 14.4. The van der Waals surface area contributed by atoms with E-state index in [1.807, 2.05) is 12.1 Å². The average Bonchev–Trinajstić information content (AvgIpc) is 2.53. The highest BCUT2D eigenvalue weighted by molar-refractivity contribution is 5.48. The minimum absolute atomic E-state index is 0.588. The third-order valence-electron chi connectivity index (χ3n) is 3.45. The predicted molar refractivity (Wildman–Crippen MR) is 84.1 cm³/mol. The van der Waals surface area contributed by atoms with Crippen LogP contribution >= 0.6 is 0 Å². The number of benzene rings is 2. The molecular weight excluding hydrogens is 248 g/mol. The molecule has 0 amide bonds. The van der Waals surface area contributed by atoms with Crippen molar-refractivity contribution in [2.75, 3.05) is 18.6 Å². The van der Waals surface area contributed by atoms with Crippen LogP contribution in [0.3, 0.4) is 0 Å². The molecule has 2 aromatic carbocycles. The van der Waals surface area contributed by atoms with Crippen molar-refractivity contribution < 1.29 is 4.74 Å². The highest BCUT2D eigenvalue weighted by atomic mass is 16.5. The molecule has 2 N–H and O–H groups in total. The number of hydrogen-bond acceptors (Lipinski definition) is 3. The molecule has 0 aliphatic rings. The van der Waals surface area contributed by atoms with E-state index in [1.54, 1.807) is 7.11 Å². The van der Waals surface area contributed by atoms with Crippen LogP contribution in [0.1, 0.15) is 18.1 Å². The maximum atomic E-state index is 5.63. The van der Waals surface area contributed by atoms with Crippen LogP contribution < -0.4 is 15.4 Å². The number of ether oxygens (including phenoxy) is 1. The van der Waals surface area contributed by atoms with E-state index in [1.165, 1.54) is 11.3 Å². The van der Waals surface area contributed by atoms with Gasteiger partial charge in [-0.1, -0.05) is 24.3 Å². The summed E-state index contributed by atoms with van der Waals surface area (Å²) in [7, 11) is 1.69. The molecule has 106 valence electrons. The molecule has 2 aromatic rings. The molecule has 0 spiro atoms. The van der Waals surface area contributed by atoms with Crippen molar-refractivity contribution in [2.24, 2.45) is 5.73 Å². The number of rotatable bonds is 6. The molecule has 0 heterocycles. The fourth-order valence-corrected chi connectivity index (χ4v) is 2.18. The largest absolute Gasteiger partial charge is 0.497 e. The lowest BCUT2D eigenvalue weighted by Crippen LogP contribution is -2.21. The van der Waals surface area contributed by atoms with E-state index in [4.69, 9.17) is 10.5 Å². The Bertz CT molecular complexity index is 520.